The van der Waals surface area contributed by atoms with Gasteiger partial charge in [0.25, 0.3) is 0 Å². The Morgan fingerprint density at radius 2 is 2.12 bits per heavy atom. The molecule has 1 rings (SSSR count). The molecule has 0 unspecified atom stereocenters. The molecular weight excluding hydrogens is 207 g/mol. The molecule has 0 atom stereocenters. The molecule has 3 N–H and O–H groups in total. The Morgan fingerprint density at radius 1 is 1.50 bits per heavy atom. The fourth-order valence-corrected chi connectivity index (χ4v) is 1.16. The third-order valence-electron chi connectivity index (χ3n) is 2.27. The average molecular weight is 224 g/mol. The second-order valence-corrected chi connectivity index (χ2v) is 4.49. The van der Waals surface area contributed by atoms with Crippen molar-refractivity contribution in [3.63, 3.8) is 0 Å². The van der Waals surface area contributed by atoms with E-state index < -0.39 is 5.54 Å². The topological polar surface area (TPSA) is 55.1 Å². The van der Waals surface area contributed by atoms with Crippen molar-refractivity contribution in [2.75, 3.05) is 0 Å². The number of carbonyl (C=O) groups excluding carboxylic acids is 1. The van der Waals surface area contributed by atoms with Crippen LogP contribution < -0.4 is 11.1 Å². The van der Waals surface area contributed by atoms with E-state index in [1.54, 1.807) is 32.9 Å². The zero-order valence-electron chi connectivity index (χ0n) is 9.80. The Balaban J connectivity index is 2.62. The van der Waals surface area contributed by atoms with Gasteiger partial charge >= 0.3 is 0 Å². The quantitative estimate of drug-likeness (QED) is 0.817. The van der Waals surface area contributed by atoms with E-state index in [0.717, 1.165) is 5.56 Å². The van der Waals surface area contributed by atoms with Gasteiger partial charge in [-0.15, -0.1) is 0 Å². The van der Waals surface area contributed by atoms with Crippen LogP contribution in [0.1, 0.15) is 25.0 Å². The van der Waals surface area contributed by atoms with E-state index >= 15 is 0 Å². The number of carbonyl (C=O) groups is 1. The molecule has 4 heteroatoms. The number of nitrogens with one attached hydrogen (secondary N) is 1. The Bertz CT molecular complexity index is 396. The van der Waals surface area contributed by atoms with E-state index in [0.29, 0.717) is 5.56 Å². The second-order valence-electron chi connectivity index (χ2n) is 4.49. The minimum atomic E-state index is -0.913. The molecule has 88 valence electrons. The fourth-order valence-electron chi connectivity index (χ4n) is 1.16. The monoisotopic (exact) mass is 224 g/mol. The SMILES string of the molecule is Cc1ccc(CNC(=O)C(C)(C)N)cc1F. The molecule has 0 radical (unpaired) electrons. The molecule has 0 aromatic heterocycles. The minimum Gasteiger partial charge on any atom is -0.350 e. The number of benzene rings is 1. The van der Waals surface area contributed by atoms with Crippen LogP contribution in [0, 0.1) is 12.7 Å². The van der Waals surface area contributed by atoms with Crippen molar-refractivity contribution in [2.24, 2.45) is 5.73 Å². The number of rotatable bonds is 3. The molecule has 0 saturated heterocycles. The molecule has 0 saturated carbocycles. The van der Waals surface area contributed by atoms with Gasteiger partial charge in [-0.1, -0.05) is 12.1 Å². The molecule has 1 aromatic carbocycles. The second kappa shape index (κ2) is 4.61. The van der Waals surface area contributed by atoms with Gasteiger partial charge in [0.1, 0.15) is 5.82 Å². The fraction of sp³-hybridized carbons (Fsp3) is 0.417. The van der Waals surface area contributed by atoms with E-state index in [1.807, 2.05) is 0 Å². The van der Waals surface area contributed by atoms with Crippen LogP contribution in [0.2, 0.25) is 0 Å². The normalized spacial score (nSPS) is 11.3. The third-order valence-corrected chi connectivity index (χ3v) is 2.27. The van der Waals surface area contributed by atoms with Gasteiger partial charge in [0.05, 0.1) is 5.54 Å². The first-order chi connectivity index (χ1) is 7.30. The summed E-state index contributed by atoms with van der Waals surface area (Å²) in [7, 11) is 0. The van der Waals surface area contributed by atoms with Crippen LogP contribution in [0.4, 0.5) is 4.39 Å². The van der Waals surface area contributed by atoms with Crippen molar-refractivity contribution in [1.29, 1.82) is 0 Å². The summed E-state index contributed by atoms with van der Waals surface area (Å²) in [6.07, 6.45) is 0. The molecule has 0 aliphatic rings. The van der Waals surface area contributed by atoms with Gasteiger partial charge in [-0.3, -0.25) is 4.79 Å². The maximum absolute atomic E-state index is 13.2. The molecule has 16 heavy (non-hydrogen) atoms. The van der Waals surface area contributed by atoms with Gasteiger partial charge in [-0.25, -0.2) is 4.39 Å². The van der Waals surface area contributed by atoms with Crippen LogP contribution in [-0.4, -0.2) is 11.4 Å². The molecule has 0 spiro atoms. The Labute approximate surface area is 94.8 Å². The molecule has 0 aliphatic carbocycles. The number of amides is 1. The number of halogens is 1. The van der Waals surface area contributed by atoms with Crippen molar-refractivity contribution < 1.29 is 9.18 Å². The van der Waals surface area contributed by atoms with E-state index in [2.05, 4.69) is 5.32 Å². The summed E-state index contributed by atoms with van der Waals surface area (Å²) in [5.74, 6) is -0.521. The zero-order chi connectivity index (χ0) is 12.3. The average Bonchev–Trinajstić information content (AvgIpc) is 2.18. The third kappa shape index (κ3) is 3.31. The number of hydrogen-bond acceptors (Lipinski definition) is 2. The first-order valence-corrected chi connectivity index (χ1v) is 5.13. The van der Waals surface area contributed by atoms with Crippen LogP contribution in [0.5, 0.6) is 0 Å². The van der Waals surface area contributed by atoms with Crippen LogP contribution >= 0.6 is 0 Å². The molecule has 1 amide bonds. The van der Waals surface area contributed by atoms with Gasteiger partial charge in [-0.2, -0.15) is 0 Å². The predicted octanol–water partition coefficient (Wildman–Crippen LogP) is 1.49. The summed E-state index contributed by atoms with van der Waals surface area (Å²) in [4.78, 5) is 11.5. The lowest BCUT2D eigenvalue weighted by Gasteiger charge is -2.17. The summed E-state index contributed by atoms with van der Waals surface area (Å²) < 4.78 is 13.2. The Hall–Kier alpha value is -1.42. The highest BCUT2D eigenvalue weighted by Gasteiger charge is 2.21. The summed E-state index contributed by atoms with van der Waals surface area (Å²) in [6.45, 7) is 5.23. The summed E-state index contributed by atoms with van der Waals surface area (Å²) >= 11 is 0. The van der Waals surface area contributed by atoms with Gasteiger partial charge in [-0.05, 0) is 38.0 Å². The smallest absolute Gasteiger partial charge is 0.239 e. The lowest BCUT2D eigenvalue weighted by molar-refractivity contribution is -0.125. The lowest BCUT2D eigenvalue weighted by Crippen LogP contribution is -2.48. The molecule has 0 aliphatic heterocycles. The Morgan fingerprint density at radius 3 is 2.62 bits per heavy atom. The summed E-state index contributed by atoms with van der Waals surface area (Å²) in [6, 6.07) is 4.88. The highest BCUT2D eigenvalue weighted by molar-refractivity contribution is 5.84. The van der Waals surface area contributed by atoms with Crippen LogP contribution in [-0.2, 0) is 11.3 Å². The van der Waals surface area contributed by atoms with Crippen LogP contribution in [0.25, 0.3) is 0 Å². The lowest BCUT2D eigenvalue weighted by atomic mass is 10.1. The standard InChI is InChI=1S/C12H17FN2O/c1-8-4-5-9(6-10(8)13)7-15-11(16)12(2,3)14/h4-6H,7,14H2,1-3H3,(H,15,16). The maximum Gasteiger partial charge on any atom is 0.239 e. The van der Waals surface area contributed by atoms with Crippen molar-refractivity contribution in [3.8, 4) is 0 Å². The van der Waals surface area contributed by atoms with Crippen molar-refractivity contribution in [3.05, 3.63) is 35.1 Å². The molecular formula is C12H17FN2O. The highest BCUT2D eigenvalue weighted by Crippen LogP contribution is 2.09. The maximum atomic E-state index is 13.2. The van der Waals surface area contributed by atoms with E-state index in [1.165, 1.54) is 6.07 Å². The Kier molecular flexibility index (Phi) is 3.65. The van der Waals surface area contributed by atoms with Crippen LogP contribution in [0.3, 0.4) is 0 Å². The van der Waals surface area contributed by atoms with Gasteiger partial charge < -0.3 is 11.1 Å². The number of nitrogens with two attached hydrogens (primary N) is 1. The summed E-state index contributed by atoms with van der Waals surface area (Å²) in [5, 5.41) is 2.65. The molecule has 3 nitrogen and oxygen atoms in total. The van der Waals surface area contributed by atoms with Gasteiger partial charge in [0.15, 0.2) is 0 Å². The highest BCUT2D eigenvalue weighted by atomic mass is 19.1. The molecule has 0 heterocycles. The first kappa shape index (κ1) is 12.6. The van der Waals surface area contributed by atoms with E-state index in [9.17, 15) is 9.18 Å². The predicted molar refractivity (Wildman–Crippen MR) is 61.3 cm³/mol. The van der Waals surface area contributed by atoms with Crippen molar-refractivity contribution in [2.45, 2.75) is 32.9 Å². The number of aryl methyl sites for hydroxylation is 1. The molecule has 0 bridgehead atoms. The first-order valence-electron chi connectivity index (χ1n) is 5.13. The van der Waals surface area contributed by atoms with Gasteiger partial charge in [0.2, 0.25) is 5.91 Å². The number of hydrogen-bond donors (Lipinski definition) is 2. The minimum absolute atomic E-state index is 0.256. The van der Waals surface area contributed by atoms with E-state index in [-0.39, 0.29) is 18.3 Å². The van der Waals surface area contributed by atoms with Crippen LogP contribution in [0.15, 0.2) is 18.2 Å². The van der Waals surface area contributed by atoms with E-state index in [4.69, 9.17) is 5.73 Å². The zero-order valence-corrected chi connectivity index (χ0v) is 9.80. The molecule has 0 fully saturated rings. The summed E-state index contributed by atoms with van der Waals surface area (Å²) in [5.41, 5.74) is 6.01. The van der Waals surface area contributed by atoms with Gasteiger partial charge in [0, 0.05) is 6.54 Å². The van der Waals surface area contributed by atoms with Crippen molar-refractivity contribution in [1.82, 2.24) is 5.32 Å². The largest absolute Gasteiger partial charge is 0.350 e. The van der Waals surface area contributed by atoms with Crippen molar-refractivity contribution >= 4 is 5.91 Å². The molecule has 1 aromatic rings.